The molecule has 0 unspecified atom stereocenters. The Morgan fingerprint density at radius 1 is 0.833 bits per heavy atom. The van der Waals surface area contributed by atoms with Gasteiger partial charge < -0.3 is 33.2 Å². The molecule has 2 fully saturated rings. The van der Waals surface area contributed by atoms with E-state index in [1.807, 2.05) is 0 Å². The molecular formula is C6H18N4O2. The van der Waals surface area contributed by atoms with Gasteiger partial charge in [-0.1, -0.05) is 0 Å². The van der Waals surface area contributed by atoms with Gasteiger partial charge in [-0.15, -0.1) is 0 Å². The van der Waals surface area contributed by atoms with Crippen molar-refractivity contribution in [2.45, 2.75) is 24.3 Å². The van der Waals surface area contributed by atoms with Crippen LogP contribution in [-0.4, -0.2) is 37.5 Å². The second-order valence-corrected chi connectivity index (χ2v) is 2.92. The van der Waals surface area contributed by atoms with Crippen LogP contribution in [0.15, 0.2) is 0 Å². The molecule has 2 heterocycles. The standard InChI is InChI=1S/C6H12N2O2.2H3N/c7-3-1-9-6-4(8)2-10-5(3)6;;/h3-6H,1-2,7-8H2;2*1H3/t3-,4-,5+,6+;;/m0../s1. The van der Waals surface area contributed by atoms with Crippen LogP contribution in [0.3, 0.4) is 0 Å². The van der Waals surface area contributed by atoms with E-state index in [4.69, 9.17) is 20.9 Å². The third-order valence-electron chi connectivity index (χ3n) is 2.13. The van der Waals surface area contributed by atoms with Gasteiger partial charge in [0.1, 0.15) is 12.2 Å². The van der Waals surface area contributed by atoms with Gasteiger partial charge >= 0.3 is 0 Å². The smallest absolute Gasteiger partial charge is 0.103 e. The minimum Gasteiger partial charge on any atom is -0.372 e. The Balaban J connectivity index is 0.000000605. The van der Waals surface area contributed by atoms with E-state index >= 15 is 0 Å². The van der Waals surface area contributed by atoms with E-state index in [1.165, 1.54) is 0 Å². The Bertz CT molecular complexity index is 130. The van der Waals surface area contributed by atoms with Crippen molar-refractivity contribution in [2.24, 2.45) is 11.5 Å². The average molecular weight is 178 g/mol. The fraction of sp³-hybridized carbons (Fsp3) is 1.00. The lowest BCUT2D eigenvalue weighted by Crippen LogP contribution is -2.39. The number of hydrogen-bond acceptors (Lipinski definition) is 6. The van der Waals surface area contributed by atoms with Gasteiger partial charge in [0.15, 0.2) is 0 Å². The first-order valence-electron chi connectivity index (χ1n) is 3.53. The summed E-state index contributed by atoms with van der Waals surface area (Å²) in [6, 6.07) is 0.0529. The summed E-state index contributed by atoms with van der Waals surface area (Å²) in [6.45, 7) is 1.17. The third kappa shape index (κ3) is 1.58. The quantitative estimate of drug-likeness (QED) is 0.365. The summed E-state index contributed by atoms with van der Waals surface area (Å²) in [5.41, 5.74) is 11.4. The molecule has 4 atom stereocenters. The third-order valence-corrected chi connectivity index (χ3v) is 2.13. The van der Waals surface area contributed by atoms with Gasteiger partial charge in [0.2, 0.25) is 0 Å². The van der Waals surface area contributed by atoms with Gasteiger partial charge in [-0.25, -0.2) is 0 Å². The Morgan fingerprint density at radius 2 is 1.17 bits per heavy atom. The largest absolute Gasteiger partial charge is 0.372 e. The summed E-state index contributed by atoms with van der Waals surface area (Å²) in [7, 11) is 0. The van der Waals surface area contributed by atoms with Crippen LogP contribution in [0.2, 0.25) is 0 Å². The lowest BCUT2D eigenvalue weighted by atomic mass is 10.1. The van der Waals surface area contributed by atoms with Crippen LogP contribution >= 0.6 is 0 Å². The highest BCUT2D eigenvalue weighted by Gasteiger charge is 2.44. The van der Waals surface area contributed by atoms with Crippen LogP contribution in [0.1, 0.15) is 0 Å². The Hall–Kier alpha value is -0.240. The average Bonchev–Trinajstić information content (AvgIpc) is 2.41. The van der Waals surface area contributed by atoms with E-state index in [0.717, 1.165) is 0 Å². The fourth-order valence-electron chi connectivity index (χ4n) is 1.56. The first kappa shape index (κ1) is 11.8. The van der Waals surface area contributed by atoms with Crippen molar-refractivity contribution in [3.63, 3.8) is 0 Å². The van der Waals surface area contributed by atoms with Crippen molar-refractivity contribution in [1.29, 1.82) is 0 Å². The molecule has 2 saturated heterocycles. The zero-order valence-corrected chi connectivity index (χ0v) is 7.11. The van der Waals surface area contributed by atoms with Crippen molar-refractivity contribution in [2.75, 3.05) is 13.2 Å². The number of rotatable bonds is 0. The van der Waals surface area contributed by atoms with E-state index in [9.17, 15) is 0 Å². The predicted molar refractivity (Wildman–Crippen MR) is 45.5 cm³/mol. The lowest BCUT2D eigenvalue weighted by molar-refractivity contribution is 0.0691. The Kier molecular flexibility index (Phi) is 4.04. The van der Waals surface area contributed by atoms with Crippen LogP contribution < -0.4 is 23.8 Å². The molecule has 2 aliphatic heterocycles. The molecule has 12 heavy (non-hydrogen) atoms. The van der Waals surface area contributed by atoms with Crippen LogP contribution in [0.4, 0.5) is 0 Å². The number of fused-ring (bicyclic) bond motifs is 1. The van der Waals surface area contributed by atoms with Crippen molar-refractivity contribution in [1.82, 2.24) is 12.3 Å². The zero-order chi connectivity index (χ0) is 7.14. The van der Waals surface area contributed by atoms with Gasteiger partial charge in [0, 0.05) is 0 Å². The molecule has 10 N–H and O–H groups in total. The highest BCUT2D eigenvalue weighted by molar-refractivity contribution is 4.97. The summed E-state index contributed by atoms with van der Waals surface area (Å²) < 4.78 is 10.7. The van der Waals surface area contributed by atoms with E-state index in [2.05, 4.69) is 0 Å². The molecule has 0 aliphatic carbocycles. The molecule has 0 spiro atoms. The van der Waals surface area contributed by atoms with Crippen molar-refractivity contribution < 1.29 is 9.47 Å². The minimum atomic E-state index is 0. The van der Waals surface area contributed by atoms with Crippen molar-refractivity contribution in [3.8, 4) is 0 Å². The highest BCUT2D eigenvalue weighted by Crippen LogP contribution is 2.24. The van der Waals surface area contributed by atoms with Crippen LogP contribution in [0, 0.1) is 0 Å². The number of ether oxygens (including phenoxy) is 2. The topological polar surface area (TPSA) is 140 Å². The normalized spacial score (nSPS) is 44.5. The first-order chi connectivity index (χ1) is 4.79. The van der Waals surface area contributed by atoms with Gasteiger partial charge in [-0.2, -0.15) is 0 Å². The second kappa shape index (κ2) is 4.13. The Labute approximate surface area is 71.7 Å². The molecule has 0 aromatic rings. The van der Waals surface area contributed by atoms with Gasteiger partial charge in [-0.3, -0.25) is 0 Å². The maximum atomic E-state index is 5.68. The molecule has 2 aliphatic rings. The lowest BCUT2D eigenvalue weighted by Gasteiger charge is -2.10. The molecule has 6 nitrogen and oxygen atoms in total. The summed E-state index contributed by atoms with van der Waals surface area (Å²) in [5.74, 6) is 0. The second-order valence-electron chi connectivity index (χ2n) is 2.92. The van der Waals surface area contributed by atoms with E-state index < -0.39 is 0 Å². The van der Waals surface area contributed by atoms with E-state index in [0.29, 0.717) is 13.2 Å². The zero-order valence-electron chi connectivity index (χ0n) is 7.11. The monoisotopic (exact) mass is 178 g/mol. The van der Waals surface area contributed by atoms with Gasteiger partial charge in [0.05, 0.1) is 25.3 Å². The SMILES string of the molecule is N.N.N[C@H]1CO[C@H]2[C@@H]1OC[C@@H]2N. The molecule has 0 aromatic heterocycles. The number of nitrogens with two attached hydrogens (primary N) is 2. The minimum absolute atomic E-state index is 0. The van der Waals surface area contributed by atoms with Crippen LogP contribution in [-0.2, 0) is 9.47 Å². The predicted octanol–water partition coefficient (Wildman–Crippen LogP) is -1.24. The molecule has 2 rings (SSSR count). The van der Waals surface area contributed by atoms with Crippen molar-refractivity contribution >= 4 is 0 Å². The van der Waals surface area contributed by atoms with Gasteiger partial charge in [-0.05, 0) is 0 Å². The molecule has 6 heteroatoms. The van der Waals surface area contributed by atoms with Crippen LogP contribution in [0.5, 0.6) is 0 Å². The fourth-order valence-corrected chi connectivity index (χ4v) is 1.56. The summed E-state index contributed by atoms with van der Waals surface area (Å²) >= 11 is 0. The molecular weight excluding hydrogens is 160 g/mol. The number of hydrogen-bond donors (Lipinski definition) is 4. The van der Waals surface area contributed by atoms with Crippen LogP contribution in [0.25, 0.3) is 0 Å². The highest BCUT2D eigenvalue weighted by atomic mass is 16.6. The molecule has 0 aromatic carbocycles. The maximum absolute atomic E-state index is 5.68. The maximum Gasteiger partial charge on any atom is 0.103 e. The summed E-state index contributed by atoms with van der Waals surface area (Å²) in [6.07, 6.45) is 0.102. The van der Waals surface area contributed by atoms with Crippen molar-refractivity contribution in [3.05, 3.63) is 0 Å². The van der Waals surface area contributed by atoms with Gasteiger partial charge in [0.25, 0.3) is 0 Å². The summed E-state index contributed by atoms with van der Waals surface area (Å²) in [5, 5.41) is 0. The molecule has 0 amide bonds. The summed E-state index contributed by atoms with van der Waals surface area (Å²) in [4.78, 5) is 0. The molecule has 0 radical (unpaired) electrons. The first-order valence-corrected chi connectivity index (χ1v) is 3.53. The molecule has 74 valence electrons. The van der Waals surface area contributed by atoms with E-state index in [1.54, 1.807) is 0 Å². The Morgan fingerprint density at radius 3 is 1.50 bits per heavy atom. The molecule has 0 saturated carbocycles. The molecule has 0 bridgehead atoms. The van der Waals surface area contributed by atoms with E-state index in [-0.39, 0.29) is 36.6 Å².